The topological polar surface area (TPSA) is 30.9 Å². The van der Waals surface area contributed by atoms with E-state index in [1.165, 1.54) is 62.9 Å². The standard InChI is InChI=1S/C23H34ClF3N4S/c1-3-11-31(14-10-17(2)30-12-6-4-5-7-13-30)22-28-21(29-32-22)19-9-8-18(15-20(19)24)23(26,27)16-25/h8-9,15,17,22H,3-7,10-14,16H2,1-2H3,(H,28,29). The molecule has 0 bridgehead atoms. The summed E-state index contributed by atoms with van der Waals surface area (Å²) in [6.45, 7) is 6.97. The molecule has 0 amide bonds. The van der Waals surface area contributed by atoms with E-state index in [2.05, 4.69) is 28.4 Å². The van der Waals surface area contributed by atoms with Crippen molar-refractivity contribution in [3.8, 4) is 0 Å². The Bertz CT molecular complexity index is 772. The number of alkyl halides is 3. The number of amidine groups is 1. The Morgan fingerprint density at radius 1 is 1.25 bits per heavy atom. The summed E-state index contributed by atoms with van der Waals surface area (Å²) in [5, 5.41) is 0.139. The van der Waals surface area contributed by atoms with Crippen LogP contribution in [0, 0.1) is 0 Å². The molecule has 1 N–H and O–H groups in total. The van der Waals surface area contributed by atoms with Gasteiger partial charge in [-0.15, -0.1) is 0 Å². The van der Waals surface area contributed by atoms with Crippen LogP contribution in [-0.2, 0) is 5.92 Å². The molecule has 2 aliphatic heterocycles. The summed E-state index contributed by atoms with van der Waals surface area (Å²) in [6, 6.07) is 4.37. The van der Waals surface area contributed by atoms with Gasteiger partial charge in [0.25, 0.3) is 0 Å². The van der Waals surface area contributed by atoms with Crippen molar-refractivity contribution in [2.24, 2.45) is 4.99 Å². The van der Waals surface area contributed by atoms with Crippen LogP contribution in [0.3, 0.4) is 0 Å². The maximum atomic E-state index is 13.6. The van der Waals surface area contributed by atoms with Gasteiger partial charge in [0.05, 0.1) is 5.02 Å². The summed E-state index contributed by atoms with van der Waals surface area (Å²) in [6.07, 6.45) is 7.35. The lowest BCUT2D eigenvalue weighted by Crippen LogP contribution is -2.39. The third kappa shape index (κ3) is 6.55. The molecule has 1 aromatic carbocycles. The van der Waals surface area contributed by atoms with Crippen molar-refractivity contribution in [2.45, 2.75) is 69.8 Å². The number of halogens is 4. The maximum absolute atomic E-state index is 13.6. The fourth-order valence-electron chi connectivity index (χ4n) is 4.26. The molecule has 1 aromatic rings. The maximum Gasteiger partial charge on any atom is 0.301 e. The van der Waals surface area contributed by atoms with Crippen molar-refractivity contribution >= 4 is 29.4 Å². The second-order valence-corrected chi connectivity index (χ2v) is 9.95. The minimum Gasteiger partial charge on any atom is -0.311 e. The second kappa shape index (κ2) is 12.0. The van der Waals surface area contributed by atoms with Crippen molar-refractivity contribution < 1.29 is 13.2 Å². The summed E-state index contributed by atoms with van der Waals surface area (Å²) in [5.41, 5.74) is 0.0328. The van der Waals surface area contributed by atoms with Gasteiger partial charge in [0.2, 0.25) is 0 Å². The number of nitrogens with one attached hydrogen (secondary N) is 1. The van der Waals surface area contributed by atoms with Crippen LogP contribution >= 0.6 is 23.5 Å². The van der Waals surface area contributed by atoms with E-state index in [-0.39, 0.29) is 10.5 Å². The minimum absolute atomic E-state index is 0.0932. The first-order valence-electron chi connectivity index (χ1n) is 11.6. The fraction of sp³-hybridized carbons (Fsp3) is 0.696. The molecule has 0 saturated carbocycles. The first kappa shape index (κ1) is 25.7. The summed E-state index contributed by atoms with van der Waals surface area (Å²) in [5.74, 6) is -2.96. The molecular formula is C23H34ClF3N4S. The number of benzene rings is 1. The smallest absolute Gasteiger partial charge is 0.301 e. The predicted molar refractivity (Wildman–Crippen MR) is 128 cm³/mol. The second-order valence-electron chi connectivity index (χ2n) is 8.68. The van der Waals surface area contributed by atoms with E-state index in [4.69, 9.17) is 16.6 Å². The van der Waals surface area contributed by atoms with Crippen LogP contribution in [0.15, 0.2) is 23.2 Å². The van der Waals surface area contributed by atoms with Crippen molar-refractivity contribution in [1.82, 2.24) is 14.5 Å². The zero-order chi connectivity index (χ0) is 23.1. The lowest BCUT2D eigenvalue weighted by atomic mass is 10.1. The monoisotopic (exact) mass is 490 g/mol. The summed E-state index contributed by atoms with van der Waals surface area (Å²) < 4.78 is 43.1. The number of aliphatic imine (C=N–C) groups is 1. The quantitative estimate of drug-likeness (QED) is 0.404. The van der Waals surface area contributed by atoms with E-state index in [9.17, 15) is 13.2 Å². The Balaban J connectivity index is 1.65. The molecule has 4 nitrogen and oxygen atoms in total. The Morgan fingerprint density at radius 3 is 2.59 bits per heavy atom. The molecule has 2 aliphatic rings. The van der Waals surface area contributed by atoms with E-state index in [0.29, 0.717) is 17.4 Å². The summed E-state index contributed by atoms with van der Waals surface area (Å²) >= 11 is 7.76. The molecule has 2 atom stereocenters. The van der Waals surface area contributed by atoms with Gasteiger partial charge in [-0.05, 0) is 69.8 Å². The van der Waals surface area contributed by atoms with Gasteiger partial charge < -0.3 is 9.62 Å². The van der Waals surface area contributed by atoms with Crippen molar-refractivity contribution in [2.75, 3.05) is 32.9 Å². The zero-order valence-electron chi connectivity index (χ0n) is 18.9. The highest BCUT2D eigenvalue weighted by Gasteiger charge is 2.33. The largest absolute Gasteiger partial charge is 0.311 e. The lowest BCUT2D eigenvalue weighted by molar-refractivity contribution is -0.0280. The van der Waals surface area contributed by atoms with Gasteiger partial charge in [0, 0.05) is 30.3 Å². The lowest BCUT2D eigenvalue weighted by Gasteiger charge is -2.31. The van der Waals surface area contributed by atoms with E-state index in [1.807, 2.05) is 0 Å². The molecule has 9 heteroatoms. The SMILES string of the molecule is CCCN(CCC(C)N1CCCCCC1)C1N=C(c2ccc(C(F)(F)CF)cc2Cl)NS1. The van der Waals surface area contributed by atoms with E-state index in [0.717, 1.165) is 32.0 Å². The summed E-state index contributed by atoms with van der Waals surface area (Å²) in [7, 11) is 0. The molecule has 0 spiro atoms. The van der Waals surface area contributed by atoms with E-state index in [1.54, 1.807) is 0 Å². The van der Waals surface area contributed by atoms with Crippen molar-refractivity contribution in [3.05, 3.63) is 34.3 Å². The van der Waals surface area contributed by atoms with Gasteiger partial charge in [-0.2, -0.15) is 8.78 Å². The molecule has 0 aliphatic carbocycles. The molecule has 180 valence electrons. The third-order valence-electron chi connectivity index (χ3n) is 6.24. The number of hydrogen-bond acceptors (Lipinski definition) is 5. The fourth-order valence-corrected chi connectivity index (χ4v) is 5.42. The van der Waals surface area contributed by atoms with Crippen molar-refractivity contribution in [3.63, 3.8) is 0 Å². The van der Waals surface area contributed by atoms with Gasteiger partial charge in [0.15, 0.2) is 12.2 Å². The Labute approximate surface area is 199 Å². The highest BCUT2D eigenvalue weighted by molar-refractivity contribution is 7.98. The summed E-state index contributed by atoms with van der Waals surface area (Å²) in [4.78, 5) is 9.76. The van der Waals surface area contributed by atoms with Crippen LogP contribution in [0.2, 0.25) is 5.02 Å². The Hall–Kier alpha value is -0.960. The van der Waals surface area contributed by atoms with Crippen molar-refractivity contribution in [1.29, 1.82) is 0 Å². The van der Waals surface area contributed by atoms with Crippen LogP contribution in [0.5, 0.6) is 0 Å². The van der Waals surface area contributed by atoms with E-state index < -0.39 is 18.2 Å². The minimum atomic E-state index is -3.54. The predicted octanol–water partition coefficient (Wildman–Crippen LogP) is 6.05. The van der Waals surface area contributed by atoms with Gasteiger partial charge in [-0.25, -0.2) is 9.38 Å². The molecule has 0 radical (unpaired) electrons. The average molecular weight is 491 g/mol. The zero-order valence-corrected chi connectivity index (χ0v) is 20.5. The number of hydrogen-bond donors (Lipinski definition) is 1. The van der Waals surface area contributed by atoms with Crippen LogP contribution in [0.1, 0.15) is 63.5 Å². The molecule has 3 rings (SSSR count). The highest BCUT2D eigenvalue weighted by atomic mass is 35.5. The normalized spacial score (nSPS) is 21.3. The van der Waals surface area contributed by atoms with E-state index >= 15 is 0 Å². The number of rotatable bonds is 10. The Morgan fingerprint density at radius 2 is 1.97 bits per heavy atom. The van der Waals surface area contributed by atoms with Crippen LogP contribution in [-0.4, -0.2) is 60.0 Å². The molecule has 1 saturated heterocycles. The molecular weight excluding hydrogens is 457 g/mol. The molecule has 1 fully saturated rings. The van der Waals surface area contributed by atoms with Gasteiger partial charge in [0.1, 0.15) is 5.84 Å². The first-order valence-corrected chi connectivity index (χ1v) is 12.8. The third-order valence-corrected chi connectivity index (χ3v) is 7.47. The molecule has 2 heterocycles. The van der Waals surface area contributed by atoms with Crippen LogP contribution in [0.25, 0.3) is 0 Å². The van der Waals surface area contributed by atoms with Gasteiger partial charge in [-0.1, -0.05) is 37.4 Å². The van der Waals surface area contributed by atoms with Crippen LogP contribution in [0.4, 0.5) is 13.2 Å². The van der Waals surface area contributed by atoms with Gasteiger partial charge >= 0.3 is 5.92 Å². The average Bonchev–Trinajstić information content (AvgIpc) is 3.10. The van der Waals surface area contributed by atoms with Gasteiger partial charge in [-0.3, -0.25) is 4.90 Å². The number of likely N-dealkylation sites (tertiary alicyclic amines) is 1. The highest BCUT2D eigenvalue weighted by Crippen LogP contribution is 2.33. The molecule has 0 aromatic heterocycles. The Kier molecular flexibility index (Phi) is 9.58. The molecule has 32 heavy (non-hydrogen) atoms. The number of nitrogens with zero attached hydrogens (tertiary/aromatic N) is 3. The van der Waals surface area contributed by atoms with Crippen LogP contribution < -0.4 is 4.72 Å². The molecule has 2 unspecified atom stereocenters. The first-order chi connectivity index (χ1) is 15.4.